The first-order valence-electron chi connectivity index (χ1n) is 7.39. The van der Waals surface area contributed by atoms with Gasteiger partial charge in [-0.2, -0.15) is 13.2 Å². The summed E-state index contributed by atoms with van der Waals surface area (Å²) in [5.74, 6) is -0.229. The molecule has 1 aliphatic heterocycles. The maximum Gasteiger partial charge on any atom is 0.417 e. The molecule has 1 aromatic carbocycles. The summed E-state index contributed by atoms with van der Waals surface area (Å²) in [6.45, 7) is 0. The van der Waals surface area contributed by atoms with Crippen molar-refractivity contribution in [2.75, 3.05) is 10.7 Å². The van der Waals surface area contributed by atoms with E-state index in [-0.39, 0.29) is 23.0 Å². The number of halogens is 3. The Bertz CT molecular complexity index is 944. The van der Waals surface area contributed by atoms with E-state index in [2.05, 4.69) is 20.6 Å². The Balaban J connectivity index is 1.72. The molecule has 138 valence electrons. The molecule has 7 nitrogen and oxygen atoms in total. The quantitative estimate of drug-likeness (QED) is 0.700. The molecule has 0 saturated carbocycles. The van der Waals surface area contributed by atoms with Crippen LogP contribution in [0, 0.1) is 0 Å². The number of rotatable bonds is 4. The molecular formula is C15H13F3N4O3S. The number of nitrogens with zero attached hydrogens (tertiary/aromatic N) is 1. The number of anilines is 2. The van der Waals surface area contributed by atoms with Gasteiger partial charge in [0.2, 0.25) is 5.91 Å². The second kappa shape index (κ2) is 6.57. The third kappa shape index (κ3) is 3.94. The van der Waals surface area contributed by atoms with Crippen LogP contribution in [0.15, 0.2) is 41.4 Å². The smallest absolute Gasteiger partial charge is 0.326 e. The molecule has 0 aliphatic carbocycles. The molecule has 11 heteroatoms. The molecule has 0 fully saturated rings. The molecule has 1 amide bonds. The van der Waals surface area contributed by atoms with Crippen molar-refractivity contribution in [3.05, 3.63) is 47.7 Å². The molecule has 1 aromatic heterocycles. The van der Waals surface area contributed by atoms with Gasteiger partial charge in [0.1, 0.15) is 5.82 Å². The van der Waals surface area contributed by atoms with Gasteiger partial charge in [-0.25, -0.2) is 13.4 Å². The second-order valence-electron chi connectivity index (χ2n) is 5.53. The number of sulfonamides is 1. The lowest BCUT2D eigenvalue weighted by molar-refractivity contribution is -0.137. The minimum absolute atomic E-state index is 0.0492. The number of benzene rings is 1. The summed E-state index contributed by atoms with van der Waals surface area (Å²) in [4.78, 5) is 16.8. The monoisotopic (exact) mass is 386 g/mol. The topological polar surface area (TPSA) is 100 Å². The first-order chi connectivity index (χ1) is 12.1. The van der Waals surface area contributed by atoms with E-state index in [9.17, 15) is 26.4 Å². The summed E-state index contributed by atoms with van der Waals surface area (Å²) < 4.78 is 62.1. The van der Waals surface area contributed by atoms with Gasteiger partial charge in [0.25, 0.3) is 10.0 Å². The first-order valence-corrected chi connectivity index (χ1v) is 8.87. The van der Waals surface area contributed by atoms with E-state index in [1.54, 1.807) is 0 Å². The van der Waals surface area contributed by atoms with Crippen molar-refractivity contribution >= 4 is 27.4 Å². The minimum atomic E-state index is -4.52. The lowest BCUT2D eigenvalue weighted by Crippen LogP contribution is -2.30. The third-order valence-corrected chi connectivity index (χ3v) is 4.93. The van der Waals surface area contributed by atoms with E-state index in [1.807, 2.05) is 0 Å². The zero-order valence-electron chi connectivity index (χ0n) is 13.1. The second-order valence-corrected chi connectivity index (χ2v) is 7.21. The number of pyridine rings is 1. The maximum absolute atomic E-state index is 12.5. The van der Waals surface area contributed by atoms with E-state index >= 15 is 0 Å². The van der Waals surface area contributed by atoms with Gasteiger partial charge < -0.3 is 5.32 Å². The van der Waals surface area contributed by atoms with Gasteiger partial charge in [0, 0.05) is 18.3 Å². The summed E-state index contributed by atoms with van der Waals surface area (Å²) >= 11 is 0. The molecule has 26 heavy (non-hydrogen) atoms. The van der Waals surface area contributed by atoms with Crippen LogP contribution >= 0.6 is 0 Å². The van der Waals surface area contributed by atoms with Gasteiger partial charge in [-0.3, -0.25) is 10.2 Å². The molecule has 2 heterocycles. The average molecular weight is 386 g/mol. The van der Waals surface area contributed by atoms with Gasteiger partial charge >= 0.3 is 6.18 Å². The van der Waals surface area contributed by atoms with Gasteiger partial charge in [-0.1, -0.05) is 0 Å². The van der Waals surface area contributed by atoms with E-state index in [0.717, 1.165) is 12.1 Å². The number of amides is 1. The van der Waals surface area contributed by atoms with Crippen molar-refractivity contribution in [3.63, 3.8) is 0 Å². The number of aromatic nitrogens is 1. The summed E-state index contributed by atoms with van der Waals surface area (Å²) in [6, 6.07) is 6.02. The highest BCUT2D eigenvalue weighted by Gasteiger charge is 2.30. The number of nitrogens with one attached hydrogen (secondary N) is 3. The minimum Gasteiger partial charge on any atom is -0.326 e. The Morgan fingerprint density at radius 3 is 2.54 bits per heavy atom. The lowest BCUT2D eigenvalue weighted by Gasteiger charge is -2.17. The van der Waals surface area contributed by atoms with Gasteiger partial charge in [0.15, 0.2) is 0 Å². The lowest BCUT2D eigenvalue weighted by atomic mass is 10.0. The Morgan fingerprint density at radius 2 is 1.88 bits per heavy atom. The molecule has 0 bridgehead atoms. The van der Waals surface area contributed by atoms with Gasteiger partial charge in [-0.15, -0.1) is 4.83 Å². The molecule has 1 aliphatic rings. The standard InChI is InChI=1S/C15H13F3N4O3S/c16-15(17,18)10-2-5-13(19-8-10)21-22-26(24,25)11-3-4-12-9(7-11)1-6-14(23)20-12/h2-5,7-8,22H,1,6H2,(H,19,21)(H,20,23). The number of hydrogen-bond donors (Lipinski definition) is 3. The van der Waals surface area contributed by atoms with Gasteiger partial charge in [-0.05, 0) is 42.3 Å². The van der Waals surface area contributed by atoms with Crippen molar-refractivity contribution in [2.45, 2.75) is 23.9 Å². The highest BCUT2D eigenvalue weighted by Crippen LogP contribution is 2.29. The molecule has 0 unspecified atom stereocenters. The fraction of sp³-hybridized carbons (Fsp3) is 0.200. The van der Waals surface area contributed by atoms with Crippen molar-refractivity contribution in [2.24, 2.45) is 0 Å². The number of aryl methyl sites for hydroxylation is 1. The highest BCUT2D eigenvalue weighted by atomic mass is 32.2. The van der Waals surface area contributed by atoms with Crippen LogP contribution in [0.2, 0.25) is 0 Å². The number of alkyl halides is 3. The number of hydrogen-bond acceptors (Lipinski definition) is 5. The summed E-state index contributed by atoms with van der Waals surface area (Å²) in [5, 5.41) is 2.64. The van der Waals surface area contributed by atoms with E-state index in [1.165, 1.54) is 18.2 Å². The van der Waals surface area contributed by atoms with Crippen LogP contribution in [0.1, 0.15) is 17.5 Å². The molecule has 2 aromatic rings. The third-order valence-electron chi connectivity index (χ3n) is 3.69. The molecule has 0 radical (unpaired) electrons. The predicted molar refractivity (Wildman–Crippen MR) is 86.6 cm³/mol. The Morgan fingerprint density at radius 1 is 1.12 bits per heavy atom. The predicted octanol–water partition coefficient (Wildman–Crippen LogP) is 2.29. The van der Waals surface area contributed by atoms with Crippen LogP contribution in [0.3, 0.4) is 0 Å². The van der Waals surface area contributed by atoms with E-state index < -0.39 is 21.8 Å². The fourth-order valence-corrected chi connectivity index (χ4v) is 3.24. The normalized spacial score (nSPS) is 14.5. The van der Waals surface area contributed by atoms with Crippen LogP contribution in [-0.4, -0.2) is 19.3 Å². The number of fused-ring (bicyclic) bond motifs is 1. The summed E-state index contributed by atoms with van der Waals surface area (Å²) in [6.07, 6.45) is -3.25. The molecule has 0 spiro atoms. The van der Waals surface area contributed by atoms with Gasteiger partial charge in [0.05, 0.1) is 10.5 Å². The highest BCUT2D eigenvalue weighted by molar-refractivity contribution is 7.89. The van der Waals surface area contributed by atoms with Crippen molar-refractivity contribution in [3.8, 4) is 0 Å². The Labute approximate surface area is 146 Å². The Hall–Kier alpha value is -2.66. The maximum atomic E-state index is 12.5. The van der Waals surface area contributed by atoms with Crippen LogP contribution < -0.4 is 15.6 Å². The van der Waals surface area contributed by atoms with E-state index in [0.29, 0.717) is 23.9 Å². The van der Waals surface area contributed by atoms with Crippen LogP contribution in [0.5, 0.6) is 0 Å². The van der Waals surface area contributed by atoms with Crippen molar-refractivity contribution in [1.29, 1.82) is 0 Å². The number of carbonyl (C=O) groups excluding carboxylic acids is 1. The fourth-order valence-electron chi connectivity index (χ4n) is 2.34. The number of hydrazine groups is 1. The van der Waals surface area contributed by atoms with Crippen molar-refractivity contribution in [1.82, 2.24) is 9.82 Å². The van der Waals surface area contributed by atoms with Crippen molar-refractivity contribution < 1.29 is 26.4 Å². The van der Waals surface area contributed by atoms with Crippen LogP contribution in [0.4, 0.5) is 24.7 Å². The molecule has 3 rings (SSSR count). The zero-order valence-corrected chi connectivity index (χ0v) is 13.9. The zero-order chi connectivity index (χ0) is 18.9. The Kier molecular flexibility index (Phi) is 4.59. The average Bonchev–Trinajstić information content (AvgIpc) is 2.59. The summed E-state index contributed by atoms with van der Waals surface area (Å²) in [7, 11) is -3.98. The molecule has 3 N–H and O–H groups in total. The molecule has 0 atom stereocenters. The molecular weight excluding hydrogens is 373 g/mol. The first kappa shape index (κ1) is 18.1. The van der Waals surface area contributed by atoms with Crippen LogP contribution in [-0.2, 0) is 27.4 Å². The largest absolute Gasteiger partial charge is 0.417 e. The number of carbonyl (C=O) groups is 1. The molecule has 0 saturated heterocycles. The summed E-state index contributed by atoms with van der Waals surface area (Å²) in [5.41, 5.74) is 2.56. The van der Waals surface area contributed by atoms with E-state index in [4.69, 9.17) is 0 Å². The SMILES string of the molecule is O=C1CCc2cc(S(=O)(=O)NNc3ccc(C(F)(F)F)cn3)ccc2N1. The van der Waals surface area contributed by atoms with Crippen LogP contribution in [0.25, 0.3) is 0 Å².